The lowest BCUT2D eigenvalue weighted by atomic mass is 9.96. The van der Waals surface area contributed by atoms with E-state index < -0.39 is 30.5 Å². The molecule has 21 heavy (non-hydrogen) atoms. The minimum Gasteiger partial charge on any atom is -0.478 e. The molecular weight excluding hydrogens is 287 g/mol. The maximum atomic E-state index is 12.8. The SMILES string of the molecule is O=C(O)c1ccccc1C(=O)N1CCCC(C(F)(F)F)C1. The lowest BCUT2D eigenvalue weighted by Gasteiger charge is -2.34. The molecule has 1 saturated heterocycles. The Balaban J connectivity index is 2.22. The number of carbonyl (C=O) groups excluding carboxylic acids is 1. The maximum absolute atomic E-state index is 12.8. The second-order valence-electron chi connectivity index (χ2n) is 4.98. The number of halogens is 3. The summed E-state index contributed by atoms with van der Waals surface area (Å²) in [7, 11) is 0. The van der Waals surface area contributed by atoms with E-state index in [0.717, 1.165) is 4.90 Å². The predicted octanol–water partition coefficient (Wildman–Crippen LogP) is 2.80. The average molecular weight is 301 g/mol. The first-order chi connectivity index (χ1) is 9.80. The first-order valence-electron chi connectivity index (χ1n) is 6.49. The zero-order valence-corrected chi connectivity index (χ0v) is 11.1. The predicted molar refractivity (Wildman–Crippen MR) is 68.1 cm³/mol. The van der Waals surface area contributed by atoms with Gasteiger partial charge in [0.15, 0.2) is 0 Å². The standard InChI is InChI=1S/C14H14F3NO3/c15-14(16,17)9-4-3-7-18(8-9)12(19)10-5-1-2-6-11(10)13(20)21/h1-2,5-6,9H,3-4,7-8H2,(H,20,21). The Labute approximate surface area is 119 Å². The van der Waals surface area contributed by atoms with Crippen molar-refractivity contribution in [2.75, 3.05) is 13.1 Å². The van der Waals surface area contributed by atoms with Crippen LogP contribution in [0.4, 0.5) is 13.2 Å². The fourth-order valence-electron chi connectivity index (χ4n) is 2.46. The van der Waals surface area contributed by atoms with Crippen LogP contribution in [0.25, 0.3) is 0 Å². The third-order valence-corrected chi connectivity index (χ3v) is 3.56. The second-order valence-corrected chi connectivity index (χ2v) is 4.98. The normalized spacial score (nSPS) is 19.4. The van der Waals surface area contributed by atoms with Crippen LogP contribution >= 0.6 is 0 Å². The van der Waals surface area contributed by atoms with Crippen molar-refractivity contribution in [3.8, 4) is 0 Å². The number of aromatic carboxylic acids is 1. The number of likely N-dealkylation sites (tertiary alicyclic amines) is 1. The van der Waals surface area contributed by atoms with E-state index in [2.05, 4.69) is 0 Å². The summed E-state index contributed by atoms with van der Waals surface area (Å²) in [4.78, 5) is 24.5. The molecule has 1 aliphatic rings. The van der Waals surface area contributed by atoms with Gasteiger partial charge in [-0.1, -0.05) is 12.1 Å². The van der Waals surface area contributed by atoms with Gasteiger partial charge in [-0.15, -0.1) is 0 Å². The number of amides is 1. The Morgan fingerprint density at radius 2 is 1.81 bits per heavy atom. The number of rotatable bonds is 2. The molecule has 0 aliphatic carbocycles. The molecule has 1 aromatic carbocycles. The Morgan fingerprint density at radius 1 is 1.19 bits per heavy atom. The summed E-state index contributed by atoms with van der Waals surface area (Å²) in [5, 5.41) is 9.04. The summed E-state index contributed by atoms with van der Waals surface area (Å²) in [6.07, 6.45) is -4.09. The lowest BCUT2D eigenvalue weighted by molar-refractivity contribution is -0.184. The van der Waals surface area contributed by atoms with E-state index in [9.17, 15) is 22.8 Å². The number of benzene rings is 1. The number of hydrogen-bond donors (Lipinski definition) is 1. The summed E-state index contributed by atoms with van der Waals surface area (Å²) in [5.74, 6) is -3.49. The molecular formula is C14H14F3NO3. The van der Waals surface area contributed by atoms with Gasteiger partial charge in [0, 0.05) is 13.1 Å². The van der Waals surface area contributed by atoms with Gasteiger partial charge in [0.05, 0.1) is 17.0 Å². The van der Waals surface area contributed by atoms with E-state index in [1.807, 2.05) is 0 Å². The van der Waals surface area contributed by atoms with Gasteiger partial charge >= 0.3 is 12.1 Å². The highest BCUT2D eigenvalue weighted by molar-refractivity contribution is 6.04. The van der Waals surface area contributed by atoms with Crippen LogP contribution in [0.2, 0.25) is 0 Å². The minimum atomic E-state index is -4.34. The molecule has 0 spiro atoms. The molecule has 0 bridgehead atoms. The van der Waals surface area contributed by atoms with Crippen molar-refractivity contribution >= 4 is 11.9 Å². The molecule has 0 saturated carbocycles. The molecule has 1 N–H and O–H groups in total. The highest BCUT2D eigenvalue weighted by Gasteiger charge is 2.43. The molecule has 1 aromatic rings. The number of carbonyl (C=O) groups is 2. The Kier molecular flexibility index (Phi) is 4.20. The van der Waals surface area contributed by atoms with Gasteiger partial charge in [0.1, 0.15) is 0 Å². The summed E-state index contributed by atoms with van der Waals surface area (Å²) >= 11 is 0. The van der Waals surface area contributed by atoms with Gasteiger partial charge in [-0.3, -0.25) is 4.79 Å². The third kappa shape index (κ3) is 3.34. The van der Waals surface area contributed by atoms with Gasteiger partial charge in [-0.25, -0.2) is 4.79 Å². The van der Waals surface area contributed by atoms with Crippen LogP contribution in [0.3, 0.4) is 0 Å². The molecule has 1 heterocycles. The van der Waals surface area contributed by atoms with Crippen molar-refractivity contribution in [2.45, 2.75) is 19.0 Å². The number of carboxylic acid groups (broad SMARTS) is 1. The fourth-order valence-corrected chi connectivity index (χ4v) is 2.46. The Morgan fingerprint density at radius 3 is 2.38 bits per heavy atom. The zero-order valence-electron chi connectivity index (χ0n) is 11.1. The highest BCUT2D eigenvalue weighted by Crippen LogP contribution is 2.33. The number of hydrogen-bond acceptors (Lipinski definition) is 2. The van der Waals surface area contributed by atoms with Crippen LogP contribution in [-0.4, -0.2) is 41.1 Å². The molecule has 1 aliphatic heterocycles. The molecule has 1 atom stereocenters. The molecule has 1 unspecified atom stereocenters. The Hall–Kier alpha value is -2.05. The highest BCUT2D eigenvalue weighted by atomic mass is 19.4. The number of alkyl halides is 3. The molecule has 4 nitrogen and oxygen atoms in total. The minimum absolute atomic E-state index is 0.00609. The molecule has 1 fully saturated rings. The number of nitrogens with zero attached hydrogens (tertiary/aromatic N) is 1. The summed E-state index contributed by atoms with van der Waals surface area (Å²) in [6.45, 7) is -0.213. The van der Waals surface area contributed by atoms with Crippen molar-refractivity contribution < 1.29 is 27.9 Å². The van der Waals surface area contributed by atoms with Crippen LogP contribution in [0.1, 0.15) is 33.6 Å². The molecule has 2 rings (SSSR count). The van der Waals surface area contributed by atoms with E-state index in [-0.39, 0.29) is 30.5 Å². The number of piperidine rings is 1. The smallest absolute Gasteiger partial charge is 0.393 e. The monoisotopic (exact) mass is 301 g/mol. The van der Waals surface area contributed by atoms with E-state index in [4.69, 9.17) is 5.11 Å². The summed E-state index contributed by atoms with van der Waals surface area (Å²) in [5.41, 5.74) is -0.274. The van der Waals surface area contributed by atoms with E-state index >= 15 is 0 Å². The van der Waals surface area contributed by atoms with Gasteiger partial charge in [0.25, 0.3) is 5.91 Å². The second kappa shape index (κ2) is 5.75. The van der Waals surface area contributed by atoms with E-state index in [0.29, 0.717) is 0 Å². The van der Waals surface area contributed by atoms with Crippen LogP contribution in [0.15, 0.2) is 24.3 Å². The lowest BCUT2D eigenvalue weighted by Crippen LogP contribution is -2.44. The van der Waals surface area contributed by atoms with Gasteiger partial charge in [0.2, 0.25) is 0 Å². The fraction of sp³-hybridized carbons (Fsp3) is 0.429. The Bertz CT molecular complexity index is 557. The summed E-state index contributed by atoms with van der Waals surface area (Å²) in [6, 6.07) is 5.55. The van der Waals surface area contributed by atoms with Crippen molar-refractivity contribution in [1.29, 1.82) is 0 Å². The third-order valence-electron chi connectivity index (χ3n) is 3.56. The first kappa shape index (κ1) is 15.3. The van der Waals surface area contributed by atoms with Crippen molar-refractivity contribution in [2.24, 2.45) is 5.92 Å². The zero-order chi connectivity index (χ0) is 15.6. The van der Waals surface area contributed by atoms with Crippen molar-refractivity contribution in [3.63, 3.8) is 0 Å². The first-order valence-corrected chi connectivity index (χ1v) is 6.49. The van der Waals surface area contributed by atoms with Crippen molar-refractivity contribution in [1.82, 2.24) is 4.90 Å². The van der Waals surface area contributed by atoms with Gasteiger partial charge < -0.3 is 10.0 Å². The molecule has 0 radical (unpaired) electrons. The van der Waals surface area contributed by atoms with Crippen LogP contribution < -0.4 is 0 Å². The van der Waals surface area contributed by atoms with Crippen LogP contribution in [0.5, 0.6) is 0 Å². The van der Waals surface area contributed by atoms with Crippen molar-refractivity contribution in [3.05, 3.63) is 35.4 Å². The topological polar surface area (TPSA) is 57.6 Å². The molecule has 1 amide bonds. The molecule has 114 valence electrons. The molecule has 7 heteroatoms. The average Bonchev–Trinajstić information content (AvgIpc) is 2.45. The molecule has 0 aromatic heterocycles. The largest absolute Gasteiger partial charge is 0.478 e. The maximum Gasteiger partial charge on any atom is 0.393 e. The quantitative estimate of drug-likeness (QED) is 0.914. The van der Waals surface area contributed by atoms with E-state index in [1.54, 1.807) is 0 Å². The summed E-state index contributed by atoms with van der Waals surface area (Å²) < 4.78 is 38.3. The van der Waals surface area contributed by atoms with Crippen LogP contribution in [0, 0.1) is 5.92 Å². The van der Waals surface area contributed by atoms with E-state index in [1.165, 1.54) is 24.3 Å². The van der Waals surface area contributed by atoms with Gasteiger partial charge in [-0.2, -0.15) is 13.2 Å². The van der Waals surface area contributed by atoms with Crippen LogP contribution in [-0.2, 0) is 0 Å². The van der Waals surface area contributed by atoms with Gasteiger partial charge in [-0.05, 0) is 25.0 Å². The number of carboxylic acids is 1.